The number of aliphatic carboxylic acids is 1. The topological polar surface area (TPSA) is 37.3 Å². The van der Waals surface area contributed by atoms with E-state index in [0.29, 0.717) is 0 Å². The minimum Gasteiger partial charge on any atom is -0.478 e. The zero-order valence-corrected chi connectivity index (χ0v) is 20.5. The smallest absolute Gasteiger partial charge is 0.328 e. The number of carbonyl (C=O) groups is 1. The van der Waals surface area contributed by atoms with Crippen LogP contribution in [0, 0.1) is 26.2 Å². The molecular formula is C29H38O2. The molecule has 0 saturated carbocycles. The minimum atomic E-state index is -0.920. The molecule has 0 atom stereocenters. The van der Waals surface area contributed by atoms with Crippen LogP contribution in [0.25, 0.3) is 5.57 Å². The maximum absolute atomic E-state index is 11.0. The van der Waals surface area contributed by atoms with Crippen LogP contribution in [0.1, 0.15) is 76.1 Å². The zero-order chi connectivity index (χ0) is 23.3. The molecule has 1 aliphatic carbocycles. The molecule has 0 heterocycles. The van der Waals surface area contributed by atoms with Gasteiger partial charge in [-0.1, -0.05) is 61.4 Å². The summed E-state index contributed by atoms with van der Waals surface area (Å²) in [4.78, 5) is 11.0. The predicted octanol–water partition coefficient (Wildman–Crippen LogP) is 8.06. The summed E-state index contributed by atoms with van der Waals surface area (Å²) in [6, 6.07) is 4.47. The van der Waals surface area contributed by atoms with E-state index in [2.05, 4.69) is 72.8 Å². The second kappa shape index (κ2) is 10.1. The van der Waals surface area contributed by atoms with Crippen molar-refractivity contribution in [2.75, 3.05) is 0 Å². The third-order valence-electron chi connectivity index (χ3n) is 6.28. The van der Waals surface area contributed by atoms with E-state index in [4.69, 9.17) is 5.11 Å². The molecule has 0 aromatic heterocycles. The van der Waals surface area contributed by atoms with Gasteiger partial charge in [-0.25, -0.2) is 4.79 Å². The van der Waals surface area contributed by atoms with Crippen molar-refractivity contribution in [2.24, 2.45) is 5.41 Å². The molecule has 0 amide bonds. The summed E-state index contributed by atoms with van der Waals surface area (Å²) in [6.45, 7) is 17.3. The fraction of sp³-hybridized carbons (Fsp3) is 0.414. The van der Waals surface area contributed by atoms with E-state index in [1.165, 1.54) is 64.3 Å². The highest BCUT2D eigenvalue weighted by Crippen LogP contribution is 2.41. The van der Waals surface area contributed by atoms with Crippen molar-refractivity contribution >= 4 is 11.5 Å². The quantitative estimate of drug-likeness (QED) is 0.375. The number of hydrogen-bond donors (Lipinski definition) is 1. The Balaban J connectivity index is 2.64. The van der Waals surface area contributed by atoms with E-state index >= 15 is 0 Å². The van der Waals surface area contributed by atoms with Gasteiger partial charge in [0.25, 0.3) is 0 Å². The van der Waals surface area contributed by atoms with Gasteiger partial charge in [-0.05, 0) is 105 Å². The van der Waals surface area contributed by atoms with Crippen molar-refractivity contribution in [1.29, 1.82) is 0 Å². The minimum absolute atomic E-state index is 0.186. The van der Waals surface area contributed by atoms with Gasteiger partial charge in [0, 0.05) is 6.08 Å². The second-order valence-corrected chi connectivity index (χ2v) is 9.70. The van der Waals surface area contributed by atoms with Gasteiger partial charge in [0.1, 0.15) is 0 Å². The number of aryl methyl sites for hydroxylation is 3. The number of carboxylic acid groups (broad SMARTS) is 1. The first-order chi connectivity index (χ1) is 14.4. The normalized spacial score (nSPS) is 18.1. The van der Waals surface area contributed by atoms with Crippen LogP contribution in [0.4, 0.5) is 0 Å². The summed E-state index contributed by atoms with van der Waals surface area (Å²) in [5.41, 5.74) is 11.2. The lowest BCUT2D eigenvalue weighted by Crippen LogP contribution is -2.19. The van der Waals surface area contributed by atoms with Gasteiger partial charge in [-0.15, -0.1) is 0 Å². The van der Waals surface area contributed by atoms with Gasteiger partial charge in [-0.2, -0.15) is 0 Å². The van der Waals surface area contributed by atoms with Crippen molar-refractivity contribution in [1.82, 2.24) is 0 Å². The number of carboxylic acids is 1. The van der Waals surface area contributed by atoms with Gasteiger partial charge in [0.15, 0.2) is 0 Å². The molecule has 2 rings (SSSR count). The number of benzene rings is 1. The fourth-order valence-corrected chi connectivity index (χ4v) is 4.78. The SMILES string of the molecule is CC1=C(/C=C/C(=C(C)/C=C/C(C)=C/C(=O)O)c2c(C)cc(C)cc2C)C(C)(C)CCC1. The Hall–Kier alpha value is -2.61. The molecule has 0 fully saturated rings. The summed E-state index contributed by atoms with van der Waals surface area (Å²) in [5, 5.41) is 9.00. The molecule has 1 N–H and O–H groups in total. The molecule has 0 radical (unpaired) electrons. The molecule has 31 heavy (non-hydrogen) atoms. The average Bonchev–Trinajstić information content (AvgIpc) is 2.62. The Morgan fingerprint density at radius 3 is 2.16 bits per heavy atom. The summed E-state index contributed by atoms with van der Waals surface area (Å²) in [6.07, 6.45) is 13.4. The Bertz CT molecular complexity index is 984. The van der Waals surface area contributed by atoms with E-state index in [-0.39, 0.29) is 5.41 Å². The first-order valence-electron chi connectivity index (χ1n) is 11.2. The number of hydrogen-bond acceptors (Lipinski definition) is 1. The van der Waals surface area contributed by atoms with Crippen LogP contribution in [-0.2, 0) is 4.79 Å². The number of allylic oxidation sites excluding steroid dienone is 9. The first kappa shape index (κ1) is 24.7. The van der Waals surface area contributed by atoms with Gasteiger partial charge >= 0.3 is 5.97 Å². The van der Waals surface area contributed by atoms with Crippen molar-refractivity contribution in [3.05, 3.63) is 87.1 Å². The number of rotatable bonds is 6. The summed E-state index contributed by atoms with van der Waals surface area (Å²) in [7, 11) is 0. The van der Waals surface area contributed by atoms with E-state index < -0.39 is 5.97 Å². The maximum atomic E-state index is 11.0. The molecule has 0 bridgehead atoms. The van der Waals surface area contributed by atoms with Gasteiger partial charge < -0.3 is 5.11 Å². The third kappa shape index (κ3) is 6.43. The molecule has 1 aliphatic rings. The highest BCUT2D eigenvalue weighted by atomic mass is 16.4. The van der Waals surface area contributed by atoms with E-state index in [9.17, 15) is 4.79 Å². The lowest BCUT2D eigenvalue weighted by molar-refractivity contribution is -0.131. The monoisotopic (exact) mass is 418 g/mol. The summed E-state index contributed by atoms with van der Waals surface area (Å²) in [5.74, 6) is -0.920. The van der Waals surface area contributed by atoms with Crippen molar-refractivity contribution in [3.63, 3.8) is 0 Å². The molecular weight excluding hydrogens is 380 g/mol. The van der Waals surface area contributed by atoms with E-state index in [1.54, 1.807) is 0 Å². The van der Waals surface area contributed by atoms with Crippen LogP contribution in [0.3, 0.4) is 0 Å². The Morgan fingerprint density at radius 2 is 1.61 bits per heavy atom. The second-order valence-electron chi connectivity index (χ2n) is 9.70. The van der Waals surface area contributed by atoms with Crippen LogP contribution >= 0.6 is 0 Å². The summed E-state index contributed by atoms with van der Waals surface area (Å²) >= 11 is 0. The fourth-order valence-electron chi connectivity index (χ4n) is 4.78. The van der Waals surface area contributed by atoms with Gasteiger partial charge in [0.05, 0.1) is 0 Å². The van der Waals surface area contributed by atoms with Crippen LogP contribution in [-0.4, -0.2) is 11.1 Å². The third-order valence-corrected chi connectivity index (χ3v) is 6.28. The zero-order valence-electron chi connectivity index (χ0n) is 20.5. The predicted molar refractivity (Wildman–Crippen MR) is 133 cm³/mol. The highest BCUT2D eigenvalue weighted by molar-refractivity contribution is 5.83. The molecule has 1 aromatic carbocycles. The molecule has 2 heteroatoms. The largest absolute Gasteiger partial charge is 0.478 e. The van der Waals surface area contributed by atoms with Crippen LogP contribution < -0.4 is 0 Å². The van der Waals surface area contributed by atoms with Crippen molar-refractivity contribution in [2.45, 2.75) is 74.7 Å². The van der Waals surface area contributed by atoms with Gasteiger partial charge in [0.2, 0.25) is 0 Å². The standard InChI is InChI=1S/C29H38O2/c1-19(18-27(30)31)11-12-21(3)25(28-23(5)16-20(2)17-24(28)6)13-14-26-22(4)10-9-15-29(26,7)8/h11-14,16-18H,9-10,15H2,1-8H3,(H,30,31)/b12-11+,14-13+,19-18+,25-21-. The molecule has 166 valence electrons. The first-order valence-corrected chi connectivity index (χ1v) is 11.2. The lowest BCUT2D eigenvalue weighted by Gasteiger charge is -2.33. The highest BCUT2D eigenvalue weighted by Gasteiger charge is 2.26. The van der Waals surface area contributed by atoms with Crippen molar-refractivity contribution in [3.8, 4) is 0 Å². The Morgan fingerprint density at radius 1 is 1.00 bits per heavy atom. The van der Waals surface area contributed by atoms with E-state index in [0.717, 1.165) is 11.1 Å². The van der Waals surface area contributed by atoms with Crippen LogP contribution in [0.2, 0.25) is 0 Å². The van der Waals surface area contributed by atoms with Crippen LogP contribution in [0.15, 0.2) is 64.8 Å². The Labute approximate surface area is 188 Å². The maximum Gasteiger partial charge on any atom is 0.328 e. The van der Waals surface area contributed by atoms with Crippen LogP contribution in [0.5, 0.6) is 0 Å². The molecule has 1 aromatic rings. The van der Waals surface area contributed by atoms with Gasteiger partial charge in [-0.3, -0.25) is 0 Å². The lowest BCUT2D eigenvalue weighted by atomic mass is 9.72. The average molecular weight is 419 g/mol. The summed E-state index contributed by atoms with van der Waals surface area (Å²) < 4.78 is 0. The van der Waals surface area contributed by atoms with Crippen molar-refractivity contribution < 1.29 is 9.90 Å². The molecule has 0 spiro atoms. The van der Waals surface area contributed by atoms with E-state index in [1.807, 2.05) is 19.1 Å². The Kier molecular flexibility index (Phi) is 8.06. The molecule has 0 saturated heterocycles. The molecule has 2 nitrogen and oxygen atoms in total. The molecule has 0 unspecified atom stereocenters. The molecule has 0 aliphatic heterocycles.